The van der Waals surface area contributed by atoms with Crippen LogP contribution in [0.4, 0.5) is 0 Å². The Morgan fingerprint density at radius 2 is 2.18 bits per heavy atom. The summed E-state index contributed by atoms with van der Waals surface area (Å²) in [5.74, 6) is 7.22. The van der Waals surface area contributed by atoms with E-state index in [-0.39, 0.29) is 6.04 Å². The molecule has 0 saturated heterocycles. The number of aryl methyl sites for hydroxylation is 1. The Bertz CT molecular complexity index is 480. The normalized spacial score (nSPS) is 12.4. The Kier molecular flexibility index (Phi) is 3.46. The van der Waals surface area contributed by atoms with Gasteiger partial charge in [0.05, 0.1) is 13.4 Å². The second-order valence-corrected chi connectivity index (χ2v) is 3.84. The number of ether oxygens (including phenoxy) is 1. The van der Waals surface area contributed by atoms with Crippen molar-refractivity contribution in [1.29, 1.82) is 0 Å². The number of nitrogens with one attached hydrogen (secondary N) is 1. The van der Waals surface area contributed by atoms with Crippen molar-refractivity contribution in [2.75, 3.05) is 7.11 Å². The molecule has 0 bridgehead atoms. The Labute approximate surface area is 100 Å². The van der Waals surface area contributed by atoms with E-state index in [1.165, 1.54) is 0 Å². The standard InChI is InChI=1S/C13H16N2O2/c1-9-8-10(16-2)5-6-11(9)13(15-14)12-4-3-7-17-12/h3-8,13,15H,14H2,1-2H3. The summed E-state index contributed by atoms with van der Waals surface area (Å²) >= 11 is 0. The quantitative estimate of drug-likeness (QED) is 0.626. The average Bonchev–Trinajstić information content (AvgIpc) is 2.85. The zero-order valence-electron chi connectivity index (χ0n) is 9.94. The molecular formula is C13H16N2O2. The topological polar surface area (TPSA) is 60.4 Å². The summed E-state index contributed by atoms with van der Waals surface area (Å²) in [6.45, 7) is 2.02. The van der Waals surface area contributed by atoms with Gasteiger partial charge in [0.15, 0.2) is 0 Å². The summed E-state index contributed by atoms with van der Waals surface area (Å²) in [6, 6.07) is 9.47. The molecule has 1 unspecified atom stereocenters. The van der Waals surface area contributed by atoms with Gasteiger partial charge in [-0.15, -0.1) is 0 Å². The SMILES string of the molecule is COc1ccc(C(NN)c2ccco2)c(C)c1. The molecule has 1 atom stereocenters. The van der Waals surface area contributed by atoms with Crippen molar-refractivity contribution in [2.24, 2.45) is 5.84 Å². The van der Waals surface area contributed by atoms with Crippen LogP contribution < -0.4 is 16.0 Å². The summed E-state index contributed by atoms with van der Waals surface area (Å²) in [4.78, 5) is 0. The van der Waals surface area contributed by atoms with Crippen LogP contribution >= 0.6 is 0 Å². The summed E-state index contributed by atoms with van der Waals surface area (Å²) in [5.41, 5.74) is 4.94. The van der Waals surface area contributed by atoms with E-state index in [1.807, 2.05) is 37.3 Å². The van der Waals surface area contributed by atoms with Crippen LogP contribution in [0.3, 0.4) is 0 Å². The van der Waals surface area contributed by atoms with Gasteiger partial charge in [-0.2, -0.15) is 0 Å². The fourth-order valence-corrected chi connectivity index (χ4v) is 1.88. The van der Waals surface area contributed by atoms with E-state index < -0.39 is 0 Å². The number of rotatable bonds is 4. The lowest BCUT2D eigenvalue weighted by molar-refractivity contribution is 0.413. The largest absolute Gasteiger partial charge is 0.497 e. The molecule has 2 aromatic rings. The number of furan rings is 1. The zero-order chi connectivity index (χ0) is 12.3. The van der Waals surface area contributed by atoms with Crippen molar-refractivity contribution in [3.8, 4) is 5.75 Å². The predicted octanol–water partition coefficient (Wildman–Crippen LogP) is 2.15. The van der Waals surface area contributed by atoms with Crippen molar-refractivity contribution in [1.82, 2.24) is 5.43 Å². The van der Waals surface area contributed by atoms with Crippen LogP contribution in [-0.2, 0) is 0 Å². The smallest absolute Gasteiger partial charge is 0.126 e. The second-order valence-electron chi connectivity index (χ2n) is 3.84. The number of hydrazine groups is 1. The van der Waals surface area contributed by atoms with Crippen molar-refractivity contribution >= 4 is 0 Å². The molecule has 2 rings (SSSR count). The van der Waals surface area contributed by atoms with E-state index in [2.05, 4.69) is 5.43 Å². The Morgan fingerprint density at radius 1 is 1.35 bits per heavy atom. The van der Waals surface area contributed by atoms with Crippen LogP contribution in [0.15, 0.2) is 41.0 Å². The van der Waals surface area contributed by atoms with Crippen LogP contribution in [0, 0.1) is 6.92 Å². The monoisotopic (exact) mass is 232 g/mol. The van der Waals surface area contributed by atoms with Crippen molar-refractivity contribution < 1.29 is 9.15 Å². The minimum absolute atomic E-state index is 0.143. The maximum atomic E-state index is 5.59. The first-order valence-corrected chi connectivity index (χ1v) is 5.40. The molecule has 0 aliphatic heterocycles. The lowest BCUT2D eigenvalue weighted by Gasteiger charge is -2.17. The van der Waals surface area contributed by atoms with E-state index in [1.54, 1.807) is 13.4 Å². The third-order valence-electron chi connectivity index (χ3n) is 2.78. The van der Waals surface area contributed by atoms with E-state index in [0.717, 1.165) is 22.6 Å². The maximum Gasteiger partial charge on any atom is 0.126 e. The Balaban J connectivity index is 2.38. The van der Waals surface area contributed by atoms with Crippen LogP contribution in [0.1, 0.15) is 22.9 Å². The Morgan fingerprint density at radius 3 is 2.71 bits per heavy atom. The lowest BCUT2D eigenvalue weighted by Crippen LogP contribution is -2.29. The van der Waals surface area contributed by atoms with Gasteiger partial charge >= 0.3 is 0 Å². The average molecular weight is 232 g/mol. The van der Waals surface area contributed by atoms with Crippen LogP contribution in [0.25, 0.3) is 0 Å². The molecule has 1 aromatic carbocycles. The highest BCUT2D eigenvalue weighted by molar-refractivity contribution is 5.39. The molecule has 3 N–H and O–H groups in total. The molecule has 17 heavy (non-hydrogen) atoms. The van der Waals surface area contributed by atoms with Crippen molar-refractivity contribution in [3.63, 3.8) is 0 Å². The molecule has 1 heterocycles. The molecule has 0 aliphatic rings. The molecule has 1 aromatic heterocycles. The van der Waals surface area contributed by atoms with Gasteiger partial charge in [0.1, 0.15) is 17.6 Å². The van der Waals surface area contributed by atoms with E-state index in [0.29, 0.717) is 0 Å². The number of nitrogens with two attached hydrogens (primary N) is 1. The number of benzene rings is 1. The summed E-state index contributed by atoms with van der Waals surface area (Å²) in [6.07, 6.45) is 1.64. The lowest BCUT2D eigenvalue weighted by atomic mass is 9.99. The zero-order valence-corrected chi connectivity index (χ0v) is 9.94. The summed E-state index contributed by atoms with van der Waals surface area (Å²) in [5, 5.41) is 0. The molecule has 4 heteroatoms. The van der Waals surface area contributed by atoms with Crippen molar-refractivity contribution in [3.05, 3.63) is 53.5 Å². The molecule has 0 saturated carbocycles. The highest BCUT2D eigenvalue weighted by Gasteiger charge is 2.17. The molecule has 0 amide bonds. The number of methoxy groups -OCH3 is 1. The fourth-order valence-electron chi connectivity index (χ4n) is 1.88. The van der Waals surface area contributed by atoms with Gasteiger partial charge in [-0.25, -0.2) is 5.43 Å². The van der Waals surface area contributed by atoms with Gasteiger partial charge in [-0.1, -0.05) is 6.07 Å². The van der Waals surface area contributed by atoms with Gasteiger partial charge in [-0.3, -0.25) is 5.84 Å². The second kappa shape index (κ2) is 5.03. The number of hydrogen-bond donors (Lipinski definition) is 2. The van der Waals surface area contributed by atoms with Crippen molar-refractivity contribution in [2.45, 2.75) is 13.0 Å². The molecule has 4 nitrogen and oxygen atoms in total. The third-order valence-corrected chi connectivity index (χ3v) is 2.78. The van der Waals surface area contributed by atoms with Gasteiger partial charge < -0.3 is 9.15 Å². The molecule has 90 valence electrons. The molecule has 0 fully saturated rings. The van der Waals surface area contributed by atoms with Gasteiger partial charge in [-0.05, 0) is 42.3 Å². The van der Waals surface area contributed by atoms with Crippen LogP contribution in [-0.4, -0.2) is 7.11 Å². The summed E-state index contributed by atoms with van der Waals surface area (Å²) in [7, 11) is 1.65. The van der Waals surface area contributed by atoms with Crippen LogP contribution in [0.5, 0.6) is 5.75 Å². The Hall–Kier alpha value is -1.78. The van der Waals surface area contributed by atoms with E-state index in [9.17, 15) is 0 Å². The predicted molar refractivity (Wildman–Crippen MR) is 65.6 cm³/mol. The highest BCUT2D eigenvalue weighted by Crippen LogP contribution is 2.27. The van der Waals surface area contributed by atoms with Crippen LogP contribution in [0.2, 0.25) is 0 Å². The third kappa shape index (κ3) is 2.33. The first kappa shape index (κ1) is 11.7. The molecule has 0 radical (unpaired) electrons. The minimum Gasteiger partial charge on any atom is -0.497 e. The fraction of sp³-hybridized carbons (Fsp3) is 0.231. The summed E-state index contributed by atoms with van der Waals surface area (Å²) < 4.78 is 10.6. The van der Waals surface area contributed by atoms with Gasteiger partial charge in [0.25, 0.3) is 0 Å². The highest BCUT2D eigenvalue weighted by atomic mass is 16.5. The minimum atomic E-state index is -0.143. The first-order valence-electron chi connectivity index (χ1n) is 5.40. The molecule has 0 spiro atoms. The van der Waals surface area contributed by atoms with E-state index in [4.69, 9.17) is 15.0 Å². The maximum absolute atomic E-state index is 5.59. The van der Waals surface area contributed by atoms with E-state index >= 15 is 0 Å². The van der Waals surface area contributed by atoms with Gasteiger partial charge in [0.2, 0.25) is 0 Å². The first-order chi connectivity index (χ1) is 8.26. The molecular weight excluding hydrogens is 216 g/mol. The number of hydrogen-bond acceptors (Lipinski definition) is 4. The molecule has 0 aliphatic carbocycles. The van der Waals surface area contributed by atoms with Gasteiger partial charge in [0, 0.05) is 0 Å².